The molecule has 2 heterocycles. The molecule has 90 valence electrons. The molecule has 0 unspecified atom stereocenters. The van der Waals surface area contributed by atoms with Gasteiger partial charge in [0.25, 0.3) is 5.91 Å². The first-order valence-electron chi connectivity index (χ1n) is 4.88. The quantitative estimate of drug-likeness (QED) is 0.778. The normalized spacial score (nSPS) is 14.5. The molecule has 7 nitrogen and oxygen atoms in total. The van der Waals surface area contributed by atoms with E-state index in [0.717, 1.165) is 5.75 Å². The van der Waals surface area contributed by atoms with Crippen LogP contribution in [0.5, 0.6) is 0 Å². The largest absolute Gasteiger partial charge is 0.480 e. The minimum Gasteiger partial charge on any atom is -0.480 e. The minimum absolute atomic E-state index is 0.261. The first kappa shape index (κ1) is 11.6. The number of carbonyl (C=O) groups is 2. The van der Waals surface area contributed by atoms with Crippen LogP contribution in [-0.2, 0) is 11.3 Å². The van der Waals surface area contributed by atoms with Crippen LogP contribution in [0.25, 0.3) is 0 Å². The minimum atomic E-state index is -1.00. The fourth-order valence-corrected chi connectivity index (χ4v) is 2.01. The third-order valence-electron chi connectivity index (χ3n) is 2.00. The molecule has 1 aromatic rings. The highest BCUT2D eigenvalue weighted by Gasteiger charge is 2.14. The molecular weight excluding hydrogens is 244 g/mol. The Morgan fingerprint density at radius 2 is 2.41 bits per heavy atom. The molecule has 0 atom stereocenters. The summed E-state index contributed by atoms with van der Waals surface area (Å²) in [5.74, 6) is -0.459. The number of carbonyl (C=O) groups excluding carboxylic acids is 1. The number of aromatic nitrogens is 2. The molecule has 17 heavy (non-hydrogen) atoms. The van der Waals surface area contributed by atoms with Crippen LogP contribution in [0.3, 0.4) is 0 Å². The molecule has 0 bridgehead atoms. The van der Waals surface area contributed by atoms with Gasteiger partial charge in [-0.25, -0.2) is 0 Å². The standard InChI is InChI=1S/C9H10N4O3S/c14-7(15)5-13-4-6(3-11-13)8(16)12-9-10-1-2-17-9/h3-4H,1-2,5H2,(H,14,15)(H,10,12,16). The van der Waals surface area contributed by atoms with Gasteiger partial charge in [0, 0.05) is 11.9 Å². The van der Waals surface area contributed by atoms with E-state index in [4.69, 9.17) is 5.11 Å². The first-order valence-corrected chi connectivity index (χ1v) is 5.86. The molecule has 1 aliphatic heterocycles. The van der Waals surface area contributed by atoms with Gasteiger partial charge in [-0.05, 0) is 0 Å². The summed E-state index contributed by atoms with van der Waals surface area (Å²) in [7, 11) is 0. The molecule has 2 N–H and O–H groups in total. The molecule has 0 spiro atoms. The lowest BCUT2D eigenvalue weighted by atomic mass is 10.3. The maximum absolute atomic E-state index is 11.7. The van der Waals surface area contributed by atoms with Crippen LogP contribution in [0.15, 0.2) is 17.4 Å². The van der Waals surface area contributed by atoms with Crippen LogP contribution in [0.1, 0.15) is 10.4 Å². The molecule has 0 aliphatic carbocycles. The van der Waals surface area contributed by atoms with Gasteiger partial charge in [0.1, 0.15) is 6.54 Å². The molecule has 0 radical (unpaired) electrons. The van der Waals surface area contributed by atoms with Crippen LogP contribution in [-0.4, -0.2) is 44.2 Å². The van der Waals surface area contributed by atoms with Crippen LogP contribution in [0.2, 0.25) is 0 Å². The van der Waals surface area contributed by atoms with E-state index in [1.54, 1.807) is 0 Å². The summed E-state index contributed by atoms with van der Waals surface area (Å²) < 4.78 is 1.20. The number of nitrogens with zero attached hydrogens (tertiary/aromatic N) is 3. The Labute approximate surface area is 101 Å². The molecule has 0 aromatic carbocycles. The number of aliphatic carboxylic acids is 1. The van der Waals surface area contributed by atoms with Crippen molar-refractivity contribution in [3.63, 3.8) is 0 Å². The predicted molar refractivity (Wildman–Crippen MR) is 62.1 cm³/mol. The second-order valence-electron chi connectivity index (χ2n) is 3.31. The Hall–Kier alpha value is -1.83. The first-order chi connectivity index (χ1) is 8.15. The van der Waals surface area contributed by atoms with Gasteiger partial charge in [-0.3, -0.25) is 19.3 Å². The summed E-state index contributed by atoms with van der Waals surface area (Å²) in [4.78, 5) is 26.2. The van der Waals surface area contributed by atoms with Gasteiger partial charge in [0.05, 0.1) is 18.3 Å². The predicted octanol–water partition coefficient (Wildman–Crippen LogP) is -0.200. The zero-order chi connectivity index (χ0) is 12.3. The van der Waals surface area contributed by atoms with Gasteiger partial charge < -0.3 is 10.4 Å². The zero-order valence-electron chi connectivity index (χ0n) is 8.79. The maximum Gasteiger partial charge on any atom is 0.325 e. The lowest BCUT2D eigenvalue weighted by Gasteiger charge is -2.00. The summed E-state index contributed by atoms with van der Waals surface area (Å²) in [6.45, 7) is 0.446. The highest BCUT2D eigenvalue weighted by atomic mass is 32.2. The number of hydrogen-bond donors (Lipinski definition) is 2. The molecule has 1 aliphatic rings. The van der Waals surface area contributed by atoms with Crippen LogP contribution in [0.4, 0.5) is 0 Å². The van der Waals surface area contributed by atoms with Crippen molar-refractivity contribution in [3.05, 3.63) is 18.0 Å². The Balaban J connectivity index is 1.99. The van der Waals surface area contributed by atoms with Gasteiger partial charge in [-0.1, -0.05) is 11.8 Å². The highest BCUT2D eigenvalue weighted by Crippen LogP contribution is 2.09. The van der Waals surface area contributed by atoms with Crippen LogP contribution in [0, 0.1) is 0 Å². The van der Waals surface area contributed by atoms with Gasteiger partial charge in [0.2, 0.25) is 0 Å². The fraction of sp³-hybridized carbons (Fsp3) is 0.333. The topological polar surface area (TPSA) is 96.6 Å². The zero-order valence-corrected chi connectivity index (χ0v) is 9.61. The summed E-state index contributed by atoms with van der Waals surface area (Å²) in [5, 5.41) is 15.6. The molecule has 0 fully saturated rings. The Morgan fingerprint density at radius 3 is 3.06 bits per heavy atom. The molecule has 0 saturated heterocycles. The summed E-state index contributed by atoms with van der Waals surface area (Å²) in [5.41, 5.74) is 0.321. The molecule has 1 amide bonds. The van der Waals surface area contributed by atoms with E-state index in [-0.39, 0.29) is 12.5 Å². The van der Waals surface area contributed by atoms with E-state index in [9.17, 15) is 9.59 Å². The number of amides is 1. The highest BCUT2D eigenvalue weighted by molar-refractivity contribution is 8.14. The second kappa shape index (κ2) is 5.00. The molecule has 8 heteroatoms. The monoisotopic (exact) mass is 254 g/mol. The summed E-state index contributed by atoms with van der Waals surface area (Å²) >= 11 is 1.48. The molecule has 1 aromatic heterocycles. The summed E-state index contributed by atoms with van der Waals surface area (Å²) in [6.07, 6.45) is 2.72. The van der Waals surface area contributed by atoms with Crippen molar-refractivity contribution >= 4 is 28.8 Å². The van der Waals surface area contributed by atoms with E-state index in [2.05, 4.69) is 15.4 Å². The average molecular weight is 254 g/mol. The summed E-state index contributed by atoms with van der Waals surface area (Å²) in [6, 6.07) is 0. The number of aliphatic imine (C=N–C) groups is 1. The van der Waals surface area contributed by atoms with E-state index >= 15 is 0 Å². The van der Waals surface area contributed by atoms with E-state index in [1.807, 2.05) is 0 Å². The van der Waals surface area contributed by atoms with E-state index in [0.29, 0.717) is 17.3 Å². The van der Waals surface area contributed by atoms with Crippen molar-refractivity contribution in [1.29, 1.82) is 0 Å². The maximum atomic E-state index is 11.7. The van der Waals surface area contributed by atoms with Crippen LogP contribution < -0.4 is 5.32 Å². The van der Waals surface area contributed by atoms with Crippen molar-refractivity contribution in [2.75, 3.05) is 12.3 Å². The number of hydrogen-bond acceptors (Lipinski definition) is 5. The van der Waals surface area contributed by atoms with Crippen molar-refractivity contribution in [2.24, 2.45) is 4.99 Å². The van der Waals surface area contributed by atoms with Crippen molar-refractivity contribution in [2.45, 2.75) is 6.54 Å². The number of nitrogens with one attached hydrogen (secondary N) is 1. The Kier molecular flexibility index (Phi) is 3.43. The number of carboxylic acids is 1. The lowest BCUT2D eigenvalue weighted by molar-refractivity contribution is -0.137. The third kappa shape index (κ3) is 3.06. The van der Waals surface area contributed by atoms with Crippen molar-refractivity contribution in [3.8, 4) is 0 Å². The fourth-order valence-electron chi connectivity index (χ4n) is 1.29. The van der Waals surface area contributed by atoms with E-state index in [1.165, 1.54) is 28.8 Å². The third-order valence-corrected chi connectivity index (χ3v) is 2.89. The number of rotatable bonds is 3. The van der Waals surface area contributed by atoms with Crippen molar-refractivity contribution < 1.29 is 14.7 Å². The number of thioether (sulfide) groups is 1. The SMILES string of the molecule is O=C(O)Cn1cc(C(=O)NC2=NCCS2)cn1. The average Bonchev–Trinajstić information content (AvgIpc) is 2.87. The van der Waals surface area contributed by atoms with Gasteiger partial charge in [-0.15, -0.1) is 0 Å². The number of carboxylic acid groups (broad SMARTS) is 1. The molecule has 0 saturated carbocycles. The van der Waals surface area contributed by atoms with Gasteiger partial charge in [-0.2, -0.15) is 5.10 Å². The Morgan fingerprint density at radius 1 is 1.59 bits per heavy atom. The van der Waals surface area contributed by atoms with E-state index < -0.39 is 5.97 Å². The second-order valence-corrected chi connectivity index (χ2v) is 4.39. The van der Waals surface area contributed by atoms with Gasteiger partial charge >= 0.3 is 5.97 Å². The number of amidine groups is 1. The van der Waals surface area contributed by atoms with Crippen LogP contribution >= 0.6 is 11.8 Å². The smallest absolute Gasteiger partial charge is 0.325 e. The van der Waals surface area contributed by atoms with Gasteiger partial charge in [0.15, 0.2) is 5.17 Å². The lowest BCUT2D eigenvalue weighted by Crippen LogP contribution is -2.27. The molecule has 2 rings (SSSR count). The Bertz CT molecular complexity index is 482. The molecular formula is C9H10N4O3S. The van der Waals surface area contributed by atoms with Crippen molar-refractivity contribution in [1.82, 2.24) is 15.1 Å².